The molecule has 24 heavy (non-hydrogen) atoms. The minimum absolute atomic E-state index is 0.230. The van der Waals surface area contributed by atoms with Crippen molar-refractivity contribution in [3.8, 4) is 0 Å². The molecule has 0 aliphatic carbocycles. The number of aryl methyl sites for hydroxylation is 2. The average Bonchev–Trinajstić information content (AvgIpc) is 2.76. The molecule has 0 saturated carbocycles. The van der Waals surface area contributed by atoms with Gasteiger partial charge in [0.15, 0.2) is 0 Å². The molecule has 0 radical (unpaired) electrons. The summed E-state index contributed by atoms with van der Waals surface area (Å²) < 4.78 is 31.2. The summed E-state index contributed by atoms with van der Waals surface area (Å²) in [6, 6.07) is 1.38. The maximum Gasteiger partial charge on any atom is 0.280 e. The molecule has 2 aromatic heterocycles. The monoisotopic (exact) mass is 337 g/mol. The fourth-order valence-electron chi connectivity index (χ4n) is 2.81. The lowest BCUT2D eigenvalue weighted by atomic mass is 10.3. The maximum atomic E-state index is 12.8. The quantitative estimate of drug-likeness (QED) is 0.855. The molecule has 3 rings (SSSR count). The van der Waals surface area contributed by atoms with E-state index >= 15 is 0 Å². The Morgan fingerprint density at radius 2 is 2.00 bits per heavy atom. The highest BCUT2D eigenvalue weighted by Crippen LogP contribution is 2.21. The van der Waals surface area contributed by atoms with E-state index in [-0.39, 0.29) is 5.69 Å². The van der Waals surface area contributed by atoms with Crippen molar-refractivity contribution < 1.29 is 13.2 Å². The number of aromatic nitrogens is 3. The molecule has 8 heteroatoms. The van der Waals surface area contributed by atoms with Gasteiger partial charge < -0.3 is 9.32 Å². The van der Waals surface area contributed by atoms with E-state index in [0.29, 0.717) is 12.4 Å². The van der Waals surface area contributed by atoms with Crippen molar-refractivity contribution in [2.45, 2.75) is 33.2 Å². The number of rotatable bonds is 4. The zero-order valence-corrected chi connectivity index (χ0v) is 13.9. The molecule has 0 bridgehead atoms. The standard InChI is InChI=1S/C16H21F2N5O/c1-11-12(2)24-15(21-11)9-22-4-3-5-23(7-6-22)14-8-13(16(17)18)19-10-20-14/h8,10,16H,3-7,9H2,1-2H3. The summed E-state index contributed by atoms with van der Waals surface area (Å²) in [5.74, 6) is 2.13. The van der Waals surface area contributed by atoms with Crippen LogP contribution in [0.25, 0.3) is 0 Å². The van der Waals surface area contributed by atoms with Crippen molar-refractivity contribution in [3.05, 3.63) is 35.4 Å². The highest BCUT2D eigenvalue weighted by Gasteiger charge is 2.19. The van der Waals surface area contributed by atoms with Gasteiger partial charge in [0.1, 0.15) is 23.6 Å². The number of alkyl halides is 2. The lowest BCUT2D eigenvalue weighted by Gasteiger charge is -2.22. The zero-order chi connectivity index (χ0) is 17.1. The second-order valence-electron chi connectivity index (χ2n) is 5.97. The van der Waals surface area contributed by atoms with Gasteiger partial charge in [-0.25, -0.2) is 23.7 Å². The third-order valence-electron chi connectivity index (χ3n) is 4.24. The lowest BCUT2D eigenvalue weighted by Crippen LogP contribution is -2.31. The van der Waals surface area contributed by atoms with E-state index in [1.54, 1.807) is 0 Å². The second-order valence-corrected chi connectivity index (χ2v) is 5.97. The van der Waals surface area contributed by atoms with Gasteiger partial charge in [-0.05, 0) is 20.3 Å². The highest BCUT2D eigenvalue weighted by atomic mass is 19.3. The van der Waals surface area contributed by atoms with Gasteiger partial charge in [-0.1, -0.05) is 0 Å². The number of hydrogen-bond donors (Lipinski definition) is 0. The first-order chi connectivity index (χ1) is 11.5. The van der Waals surface area contributed by atoms with Crippen LogP contribution in [-0.2, 0) is 6.54 Å². The van der Waals surface area contributed by atoms with Gasteiger partial charge in [-0.2, -0.15) is 0 Å². The van der Waals surface area contributed by atoms with Crippen LogP contribution in [0.4, 0.5) is 14.6 Å². The van der Waals surface area contributed by atoms with Gasteiger partial charge in [-0.3, -0.25) is 4.90 Å². The van der Waals surface area contributed by atoms with Crippen LogP contribution in [0.3, 0.4) is 0 Å². The SMILES string of the molecule is Cc1nc(CN2CCCN(c3cc(C(F)F)ncn3)CC2)oc1C. The Balaban J connectivity index is 1.63. The Morgan fingerprint density at radius 3 is 2.71 bits per heavy atom. The molecule has 1 aliphatic heterocycles. The normalized spacial score (nSPS) is 16.6. The van der Waals surface area contributed by atoms with Crippen LogP contribution in [0.1, 0.15) is 35.9 Å². The zero-order valence-electron chi connectivity index (χ0n) is 13.9. The molecule has 6 nitrogen and oxygen atoms in total. The second kappa shape index (κ2) is 7.21. The maximum absolute atomic E-state index is 12.8. The third kappa shape index (κ3) is 3.87. The van der Waals surface area contributed by atoms with Crippen LogP contribution in [0.15, 0.2) is 16.8 Å². The van der Waals surface area contributed by atoms with Gasteiger partial charge in [-0.15, -0.1) is 0 Å². The highest BCUT2D eigenvalue weighted by molar-refractivity contribution is 5.39. The molecular weight excluding hydrogens is 316 g/mol. The Hall–Kier alpha value is -2.09. The summed E-state index contributed by atoms with van der Waals surface area (Å²) in [7, 11) is 0. The third-order valence-corrected chi connectivity index (χ3v) is 4.24. The average molecular weight is 337 g/mol. The Morgan fingerprint density at radius 1 is 1.17 bits per heavy atom. The molecule has 2 aromatic rings. The van der Waals surface area contributed by atoms with Crippen molar-refractivity contribution in [2.24, 2.45) is 0 Å². The van der Waals surface area contributed by atoms with Crippen molar-refractivity contribution in [1.82, 2.24) is 19.9 Å². The summed E-state index contributed by atoms with van der Waals surface area (Å²) in [5, 5.41) is 0. The van der Waals surface area contributed by atoms with E-state index < -0.39 is 6.43 Å². The summed E-state index contributed by atoms with van der Waals surface area (Å²) in [5.41, 5.74) is 0.689. The summed E-state index contributed by atoms with van der Waals surface area (Å²) >= 11 is 0. The molecule has 0 spiro atoms. The van der Waals surface area contributed by atoms with Crippen LogP contribution in [0.5, 0.6) is 0 Å². The minimum atomic E-state index is -2.58. The van der Waals surface area contributed by atoms with Crippen molar-refractivity contribution >= 4 is 5.82 Å². The fourth-order valence-corrected chi connectivity index (χ4v) is 2.81. The molecule has 1 aliphatic rings. The number of halogens is 2. The van der Waals surface area contributed by atoms with Crippen molar-refractivity contribution in [2.75, 3.05) is 31.1 Å². The van der Waals surface area contributed by atoms with Crippen LogP contribution in [0, 0.1) is 13.8 Å². The van der Waals surface area contributed by atoms with E-state index in [2.05, 4.69) is 19.9 Å². The first-order valence-electron chi connectivity index (χ1n) is 8.03. The first kappa shape index (κ1) is 16.8. The van der Waals surface area contributed by atoms with Gasteiger partial charge in [0.05, 0.1) is 12.2 Å². The van der Waals surface area contributed by atoms with Gasteiger partial charge >= 0.3 is 0 Å². The van der Waals surface area contributed by atoms with E-state index in [9.17, 15) is 8.78 Å². The van der Waals surface area contributed by atoms with E-state index in [1.807, 2.05) is 18.7 Å². The molecule has 0 atom stereocenters. The molecule has 130 valence electrons. The van der Waals surface area contributed by atoms with E-state index in [0.717, 1.165) is 49.9 Å². The smallest absolute Gasteiger partial charge is 0.280 e. The topological polar surface area (TPSA) is 58.3 Å². The van der Waals surface area contributed by atoms with Crippen molar-refractivity contribution in [3.63, 3.8) is 0 Å². The molecule has 3 heterocycles. The molecule has 0 amide bonds. The summed E-state index contributed by atoms with van der Waals surface area (Å²) in [4.78, 5) is 16.5. The van der Waals surface area contributed by atoms with Crippen LogP contribution in [0.2, 0.25) is 0 Å². The lowest BCUT2D eigenvalue weighted by molar-refractivity contribution is 0.146. The Labute approximate surface area is 139 Å². The summed E-state index contributed by atoms with van der Waals surface area (Å²) in [6.07, 6.45) is -0.448. The minimum Gasteiger partial charge on any atom is -0.444 e. The van der Waals surface area contributed by atoms with Crippen LogP contribution >= 0.6 is 0 Å². The molecular formula is C16H21F2N5O. The van der Waals surface area contributed by atoms with E-state index in [4.69, 9.17) is 4.42 Å². The fraction of sp³-hybridized carbons (Fsp3) is 0.562. The number of nitrogens with zero attached hydrogens (tertiary/aromatic N) is 5. The van der Waals surface area contributed by atoms with Crippen LogP contribution < -0.4 is 4.90 Å². The predicted molar refractivity (Wildman–Crippen MR) is 85.1 cm³/mol. The molecule has 1 saturated heterocycles. The summed E-state index contributed by atoms with van der Waals surface area (Å²) in [6.45, 7) is 7.71. The number of oxazole rings is 1. The Bertz CT molecular complexity index is 671. The number of hydrogen-bond acceptors (Lipinski definition) is 6. The van der Waals surface area contributed by atoms with Gasteiger partial charge in [0.2, 0.25) is 5.89 Å². The Kier molecular flexibility index (Phi) is 5.03. The van der Waals surface area contributed by atoms with Gasteiger partial charge in [0, 0.05) is 32.2 Å². The molecule has 0 N–H and O–H groups in total. The predicted octanol–water partition coefficient (Wildman–Crippen LogP) is 2.73. The number of anilines is 1. The van der Waals surface area contributed by atoms with E-state index in [1.165, 1.54) is 12.4 Å². The van der Waals surface area contributed by atoms with Crippen molar-refractivity contribution in [1.29, 1.82) is 0 Å². The van der Waals surface area contributed by atoms with Gasteiger partial charge in [0.25, 0.3) is 6.43 Å². The molecule has 0 unspecified atom stereocenters. The first-order valence-corrected chi connectivity index (χ1v) is 8.03. The largest absolute Gasteiger partial charge is 0.444 e. The van der Waals surface area contributed by atoms with Crippen LogP contribution in [-0.4, -0.2) is 46.0 Å². The molecule has 1 fully saturated rings. The molecule has 0 aromatic carbocycles.